The maximum atomic E-state index is 13.1. The summed E-state index contributed by atoms with van der Waals surface area (Å²) in [5.74, 6) is -0.344. The first-order chi connectivity index (χ1) is 14.4. The number of halogens is 4. The van der Waals surface area contributed by atoms with E-state index in [0.717, 1.165) is 17.7 Å². The first kappa shape index (κ1) is 24.7. The van der Waals surface area contributed by atoms with Gasteiger partial charge in [0, 0.05) is 6.54 Å². The summed E-state index contributed by atoms with van der Waals surface area (Å²) in [6, 6.07) is 7.27. The van der Waals surface area contributed by atoms with Gasteiger partial charge in [0.1, 0.15) is 5.75 Å². The van der Waals surface area contributed by atoms with Crippen molar-refractivity contribution in [3.8, 4) is 5.75 Å². The molecule has 0 atom stereocenters. The molecule has 2 rings (SSSR count). The summed E-state index contributed by atoms with van der Waals surface area (Å²) >= 11 is 5.57. The van der Waals surface area contributed by atoms with Gasteiger partial charge in [0.15, 0.2) is 0 Å². The topological polar surface area (TPSA) is 75.7 Å². The van der Waals surface area contributed by atoms with Crippen molar-refractivity contribution in [2.75, 3.05) is 25.5 Å². The van der Waals surface area contributed by atoms with E-state index in [9.17, 15) is 26.4 Å². The lowest BCUT2D eigenvalue weighted by molar-refractivity contribution is -0.137. The van der Waals surface area contributed by atoms with Gasteiger partial charge in [0.05, 0.1) is 34.8 Å². The Labute approximate surface area is 183 Å². The van der Waals surface area contributed by atoms with Crippen LogP contribution in [0.1, 0.15) is 11.1 Å². The molecule has 0 saturated carbocycles. The maximum Gasteiger partial charge on any atom is 0.417 e. The van der Waals surface area contributed by atoms with Crippen LogP contribution < -0.4 is 10.1 Å². The lowest BCUT2D eigenvalue weighted by Gasteiger charge is -2.21. The second-order valence-corrected chi connectivity index (χ2v) is 8.82. The average Bonchev–Trinajstić information content (AvgIpc) is 2.67. The molecule has 0 saturated heterocycles. The van der Waals surface area contributed by atoms with E-state index in [2.05, 4.69) is 11.9 Å². The number of carbonyl (C=O) groups excluding carboxylic acids is 1. The smallest absolute Gasteiger partial charge is 0.417 e. The molecule has 6 nitrogen and oxygen atoms in total. The number of alkyl halides is 3. The summed E-state index contributed by atoms with van der Waals surface area (Å²) < 4.78 is 71.2. The Hall–Kier alpha value is -2.56. The molecule has 0 fully saturated rings. The standard InChI is InChI=1S/C20H20ClF3N2O4S/c1-4-9-26(12-19(27)25-17-10-13(2)5-8-18(17)30-3)31(28,29)14-6-7-16(21)15(11-14)20(22,23)24/h4-8,10-11H,1,9,12H2,2-3H3,(H,25,27). The molecule has 2 aromatic rings. The third-order valence-corrected chi connectivity index (χ3v) is 6.30. The Morgan fingerprint density at radius 1 is 1.26 bits per heavy atom. The lowest BCUT2D eigenvalue weighted by atomic mass is 10.2. The summed E-state index contributed by atoms with van der Waals surface area (Å²) in [5.41, 5.74) is -0.135. The van der Waals surface area contributed by atoms with Gasteiger partial charge in [0.25, 0.3) is 0 Å². The minimum absolute atomic E-state index is 0.301. The minimum atomic E-state index is -4.84. The van der Waals surface area contributed by atoms with Gasteiger partial charge in [-0.3, -0.25) is 4.79 Å². The number of carbonyl (C=O) groups is 1. The largest absolute Gasteiger partial charge is 0.495 e. The van der Waals surface area contributed by atoms with Crippen LogP contribution in [0.2, 0.25) is 5.02 Å². The molecule has 0 radical (unpaired) electrons. The van der Waals surface area contributed by atoms with E-state index < -0.39 is 44.1 Å². The van der Waals surface area contributed by atoms with Crippen LogP contribution in [0, 0.1) is 6.92 Å². The number of rotatable bonds is 8. The number of nitrogens with zero attached hydrogens (tertiary/aromatic N) is 1. The maximum absolute atomic E-state index is 13.1. The molecular weight excluding hydrogens is 457 g/mol. The van der Waals surface area contributed by atoms with Crippen molar-refractivity contribution in [3.63, 3.8) is 0 Å². The Balaban J connectivity index is 2.34. The van der Waals surface area contributed by atoms with E-state index in [1.54, 1.807) is 25.1 Å². The van der Waals surface area contributed by atoms with Crippen LogP contribution in [-0.4, -0.2) is 38.8 Å². The van der Waals surface area contributed by atoms with Crippen LogP contribution in [0.3, 0.4) is 0 Å². The van der Waals surface area contributed by atoms with Crippen LogP contribution in [0.5, 0.6) is 5.75 Å². The molecule has 0 aromatic heterocycles. The van der Waals surface area contributed by atoms with Gasteiger partial charge >= 0.3 is 6.18 Å². The predicted octanol–water partition coefficient (Wildman–Crippen LogP) is 4.49. The highest BCUT2D eigenvalue weighted by molar-refractivity contribution is 7.89. The third kappa shape index (κ3) is 5.99. The molecule has 0 bridgehead atoms. The van der Waals surface area contributed by atoms with Crippen LogP contribution in [0.4, 0.5) is 18.9 Å². The number of sulfonamides is 1. The number of ether oxygens (including phenoxy) is 1. The fraction of sp³-hybridized carbons (Fsp3) is 0.250. The molecular formula is C20H20ClF3N2O4S. The van der Waals surface area contributed by atoms with E-state index in [0.29, 0.717) is 21.8 Å². The van der Waals surface area contributed by atoms with E-state index in [1.807, 2.05) is 0 Å². The van der Waals surface area contributed by atoms with Gasteiger partial charge in [-0.2, -0.15) is 17.5 Å². The zero-order valence-electron chi connectivity index (χ0n) is 16.7. The van der Waals surface area contributed by atoms with Crippen LogP contribution in [-0.2, 0) is 21.0 Å². The third-order valence-electron chi connectivity index (χ3n) is 4.16. The number of methoxy groups -OCH3 is 1. The van der Waals surface area contributed by atoms with Crippen molar-refractivity contribution in [1.29, 1.82) is 0 Å². The van der Waals surface area contributed by atoms with E-state index >= 15 is 0 Å². The second-order valence-electron chi connectivity index (χ2n) is 6.48. The Bertz CT molecular complexity index is 1090. The highest BCUT2D eigenvalue weighted by atomic mass is 35.5. The predicted molar refractivity (Wildman–Crippen MR) is 112 cm³/mol. The number of nitrogens with one attached hydrogen (secondary N) is 1. The van der Waals surface area contributed by atoms with Crippen molar-refractivity contribution < 1.29 is 31.1 Å². The molecule has 168 valence electrons. The van der Waals surface area contributed by atoms with E-state index in [-0.39, 0.29) is 6.54 Å². The SMILES string of the molecule is C=CCN(CC(=O)Nc1cc(C)ccc1OC)S(=O)(=O)c1ccc(Cl)c(C(F)(F)F)c1. The van der Waals surface area contributed by atoms with Gasteiger partial charge in [-0.05, 0) is 42.8 Å². The molecule has 0 aliphatic heterocycles. The summed E-state index contributed by atoms with van der Waals surface area (Å²) in [5, 5.41) is 1.92. The van der Waals surface area contributed by atoms with Crippen LogP contribution in [0.15, 0.2) is 53.9 Å². The number of hydrogen-bond donors (Lipinski definition) is 1. The van der Waals surface area contributed by atoms with Crippen LogP contribution in [0.25, 0.3) is 0 Å². The van der Waals surface area contributed by atoms with Gasteiger partial charge in [-0.1, -0.05) is 23.7 Å². The van der Waals surface area contributed by atoms with Gasteiger partial charge in [-0.25, -0.2) is 8.42 Å². The fourth-order valence-electron chi connectivity index (χ4n) is 2.69. The van der Waals surface area contributed by atoms with E-state index in [4.69, 9.17) is 16.3 Å². The number of anilines is 1. The van der Waals surface area contributed by atoms with E-state index in [1.165, 1.54) is 13.2 Å². The monoisotopic (exact) mass is 476 g/mol. The van der Waals surface area contributed by atoms with Crippen molar-refractivity contribution >= 4 is 33.2 Å². The van der Waals surface area contributed by atoms with Crippen molar-refractivity contribution in [2.45, 2.75) is 18.0 Å². The molecule has 0 unspecified atom stereocenters. The molecule has 0 heterocycles. The number of hydrogen-bond acceptors (Lipinski definition) is 4. The molecule has 0 aliphatic carbocycles. The highest BCUT2D eigenvalue weighted by Crippen LogP contribution is 2.36. The first-order valence-electron chi connectivity index (χ1n) is 8.82. The quantitative estimate of drug-likeness (QED) is 0.569. The van der Waals surface area contributed by atoms with Crippen molar-refractivity contribution in [2.24, 2.45) is 0 Å². The van der Waals surface area contributed by atoms with Gasteiger partial charge < -0.3 is 10.1 Å². The summed E-state index contributed by atoms with van der Waals surface area (Å²) in [7, 11) is -3.05. The van der Waals surface area contributed by atoms with Gasteiger partial charge in [-0.15, -0.1) is 6.58 Å². The molecule has 0 aliphatic rings. The second kappa shape index (κ2) is 9.71. The minimum Gasteiger partial charge on any atom is -0.495 e. The van der Waals surface area contributed by atoms with Crippen molar-refractivity contribution in [3.05, 3.63) is 65.2 Å². The molecule has 1 N–H and O–H groups in total. The molecule has 2 aromatic carbocycles. The first-order valence-corrected chi connectivity index (χ1v) is 10.6. The summed E-state index contributed by atoms with van der Waals surface area (Å²) in [4.78, 5) is 11.9. The zero-order valence-corrected chi connectivity index (χ0v) is 18.2. The molecule has 1 amide bonds. The Morgan fingerprint density at radius 2 is 1.94 bits per heavy atom. The Morgan fingerprint density at radius 3 is 2.52 bits per heavy atom. The zero-order chi connectivity index (χ0) is 23.4. The molecule has 0 spiro atoms. The Kier molecular flexibility index (Phi) is 7.74. The van der Waals surface area contributed by atoms with Gasteiger partial charge in [0.2, 0.25) is 15.9 Å². The summed E-state index contributed by atoms with van der Waals surface area (Å²) in [6.07, 6.45) is -3.62. The number of amides is 1. The lowest BCUT2D eigenvalue weighted by Crippen LogP contribution is -2.38. The number of benzene rings is 2. The van der Waals surface area contributed by atoms with Crippen molar-refractivity contribution in [1.82, 2.24) is 4.31 Å². The normalized spacial score (nSPS) is 12.0. The molecule has 11 heteroatoms. The number of aryl methyl sites for hydroxylation is 1. The summed E-state index contributed by atoms with van der Waals surface area (Å²) in [6.45, 7) is 4.29. The highest BCUT2D eigenvalue weighted by Gasteiger charge is 2.35. The van der Waals surface area contributed by atoms with Crippen LogP contribution >= 0.6 is 11.6 Å². The molecule has 31 heavy (non-hydrogen) atoms. The average molecular weight is 477 g/mol. The fourth-order valence-corrected chi connectivity index (χ4v) is 4.31.